The zero-order valence-corrected chi connectivity index (χ0v) is 12.5. The van der Waals surface area contributed by atoms with Crippen LogP contribution in [0, 0.1) is 10.8 Å². The number of hydrogen-bond donors (Lipinski definition) is 1. The minimum absolute atomic E-state index is 0.114. The molecule has 0 amide bonds. The second-order valence-electron chi connectivity index (χ2n) is 7.20. The highest BCUT2D eigenvalue weighted by atomic mass is 32.2. The zero-order chi connectivity index (χ0) is 13.9. The summed E-state index contributed by atoms with van der Waals surface area (Å²) in [6, 6.07) is 0.133. The maximum atomic E-state index is 12.7. The summed E-state index contributed by atoms with van der Waals surface area (Å²) in [5, 5.41) is 6.35. The Hall–Kier alpha value is -0.880. The average molecular weight is 283 g/mol. The topological polar surface area (TPSA) is 66.1 Å². The van der Waals surface area contributed by atoms with Crippen LogP contribution in [0.15, 0.2) is 17.3 Å². The normalized spacial score (nSPS) is 34.6. The Morgan fingerprint density at radius 1 is 1.37 bits per heavy atom. The first-order valence-corrected chi connectivity index (χ1v) is 8.17. The lowest BCUT2D eigenvalue weighted by Crippen LogP contribution is -2.37. The van der Waals surface area contributed by atoms with E-state index in [9.17, 15) is 8.42 Å². The summed E-state index contributed by atoms with van der Waals surface area (Å²) in [6.07, 6.45) is 5.87. The fourth-order valence-electron chi connectivity index (χ4n) is 4.20. The Labute approximate surface area is 114 Å². The molecular weight excluding hydrogens is 262 g/mol. The molecule has 2 heterocycles. The third-order valence-electron chi connectivity index (χ3n) is 4.45. The smallest absolute Gasteiger partial charge is 0.246 e. The molecule has 3 rings (SSSR count). The van der Waals surface area contributed by atoms with Crippen LogP contribution in [0.25, 0.3) is 0 Å². The van der Waals surface area contributed by atoms with E-state index in [4.69, 9.17) is 0 Å². The molecule has 1 saturated carbocycles. The van der Waals surface area contributed by atoms with Gasteiger partial charge in [0.1, 0.15) is 4.90 Å². The van der Waals surface area contributed by atoms with Gasteiger partial charge in [-0.1, -0.05) is 20.8 Å². The second kappa shape index (κ2) is 3.82. The van der Waals surface area contributed by atoms with Gasteiger partial charge in [0, 0.05) is 18.8 Å². The van der Waals surface area contributed by atoms with Crippen LogP contribution < -0.4 is 0 Å². The molecule has 1 aliphatic carbocycles. The Morgan fingerprint density at radius 2 is 2.11 bits per heavy atom. The summed E-state index contributed by atoms with van der Waals surface area (Å²) in [5.74, 6) is 0. The van der Waals surface area contributed by atoms with Gasteiger partial charge in [0.25, 0.3) is 0 Å². The summed E-state index contributed by atoms with van der Waals surface area (Å²) in [6.45, 7) is 7.33. The van der Waals surface area contributed by atoms with E-state index in [1.54, 1.807) is 4.31 Å². The predicted molar refractivity (Wildman–Crippen MR) is 72.0 cm³/mol. The number of fused-ring (bicyclic) bond motifs is 2. The summed E-state index contributed by atoms with van der Waals surface area (Å²) >= 11 is 0. The fourth-order valence-corrected chi connectivity index (χ4v) is 5.89. The standard InChI is InChI=1S/C13H21N3O2S/c1-12(2)4-10-5-13(3,8-12)9-16(10)19(17,18)11-6-14-15-7-11/h6-7,10H,4-5,8-9H2,1-3H3,(H,14,15). The highest BCUT2D eigenvalue weighted by Crippen LogP contribution is 2.53. The largest absolute Gasteiger partial charge is 0.284 e. The molecule has 6 heteroatoms. The lowest BCUT2D eigenvalue weighted by molar-refractivity contribution is 0.133. The first-order valence-electron chi connectivity index (χ1n) is 6.73. The van der Waals surface area contributed by atoms with Crippen molar-refractivity contribution in [3.05, 3.63) is 12.4 Å². The molecule has 0 spiro atoms. The first kappa shape index (κ1) is 13.1. The van der Waals surface area contributed by atoms with Gasteiger partial charge >= 0.3 is 0 Å². The second-order valence-corrected chi connectivity index (χ2v) is 9.09. The monoisotopic (exact) mass is 283 g/mol. The molecule has 0 aromatic carbocycles. The number of nitrogens with zero attached hydrogens (tertiary/aromatic N) is 2. The molecule has 1 aromatic heterocycles. The van der Waals surface area contributed by atoms with Crippen molar-refractivity contribution in [3.63, 3.8) is 0 Å². The number of aromatic nitrogens is 2. The van der Waals surface area contributed by atoms with Crippen LogP contribution >= 0.6 is 0 Å². The number of H-pyrrole nitrogens is 1. The quantitative estimate of drug-likeness (QED) is 0.902. The van der Waals surface area contributed by atoms with Gasteiger partial charge in [-0.3, -0.25) is 5.10 Å². The van der Waals surface area contributed by atoms with E-state index in [0.29, 0.717) is 6.54 Å². The van der Waals surface area contributed by atoms with Gasteiger partial charge in [0.2, 0.25) is 10.0 Å². The molecule has 2 unspecified atom stereocenters. The summed E-state index contributed by atoms with van der Waals surface area (Å²) < 4.78 is 27.0. The summed E-state index contributed by atoms with van der Waals surface area (Å²) in [4.78, 5) is 0.279. The highest BCUT2D eigenvalue weighted by molar-refractivity contribution is 7.89. The van der Waals surface area contributed by atoms with E-state index < -0.39 is 10.0 Å². The van der Waals surface area contributed by atoms with Gasteiger partial charge < -0.3 is 0 Å². The van der Waals surface area contributed by atoms with Crippen LogP contribution in [0.5, 0.6) is 0 Å². The van der Waals surface area contributed by atoms with Crippen molar-refractivity contribution in [2.24, 2.45) is 10.8 Å². The van der Waals surface area contributed by atoms with Gasteiger partial charge in [-0.15, -0.1) is 0 Å². The first-order chi connectivity index (χ1) is 8.72. The zero-order valence-electron chi connectivity index (χ0n) is 11.7. The SMILES string of the molecule is CC1(C)CC2CC(C)(CN2S(=O)(=O)c2cn[nH]c2)C1. The molecule has 106 valence electrons. The van der Waals surface area contributed by atoms with Crippen LogP contribution in [0.4, 0.5) is 0 Å². The molecule has 1 aliphatic heterocycles. The maximum Gasteiger partial charge on any atom is 0.246 e. The van der Waals surface area contributed by atoms with Crippen LogP contribution in [-0.2, 0) is 10.0 Å². The van der Waals surface area contributed by atoms with Gasteiger partial charge in [-0.2, -0.15) is 9.40 Å². The Morgan fingerprint density at radius 3 is 2.74 bits per heavy atom. The lowest BCUT2D eigenvalue weighted by atomic mass is 9.65. The summed E-state index contributed by atoms with van der Waals surface area (Å²) in [5.41, 5.74) is 0.335. The molecule has 2 aliphatic rings. The van der Waals surface area contributed by atoms with Gasteiger partial charge in [0.05, 0.1) is 6.20 Å². The van der Waals surface area contributed by atoms with Crippen LogP contribution in [-0.4, -0.2) is 35.5 Å². The van der Waals surface area contributed by atoms with Crippen molar-refractivity contribution in [1.29, 1.82) is 0 Å². The number of aromatic amines is 1. The van der Waals surface area contributed by atoms with Crippen molar-refractivity contribution in [3.8, 4) is 0 Å². The Bertz CT molecular complexity index is 579. The van der Waals surface area contributed by atoms with Crippen LogP contribution in [0.1, 0.15) is 40.0 Å². The molecule has 5 nitrogen and oxygen atoms in total. The average Bonchev–Trinajstić information content (AvgIpc) is 2.83. The number of sulfonamides is 1. The number of nitrogens with one attached hydrogen (secondary N) is 1. The van der Waals surface area contributed by atoms with E-state index in [-0.39, 0.29) is 21.8 Å². The third kappa shape index (κ3) is 2.10. The van der Waals surface area contributed by atoms with Crippen molar-refractivity contribution in [2.45, 2.75) is 51.0 Å². The Balaban J connectivity index is 1.97. The van der Waals surface area contributed by atoms with Crippen molar-refractivity contribution >= 4 is 10.0 Å². The summed E-state index contributed by atoms with van der Waals surface area (Å²) in [7, 11) is -3.40. The van der Waals surface area contributed by atoms with Gasteiger partial charge in [-0.25, -0.2) is 8.42 Å². The molecule has 1 N–H and O–H groups in total. The van der Waals surface area contributed by atoms with Crippen LogP contribution in [0.3, 0.4) is 0 Å². The molecule has 1 aromatic rings. The number of hydrogen-bond acceptors (Lipinski definition) is 3. The van der Waals surface area contributed by atoms with Crippen molar-refractivity contribution < 1.29 is 8.42 Å². The molecule has 1 saturated heterocycles. The van der Waals surface area contributed by atoms with E-state index in [0.717, 1.165) is 19.3 Å². The molecule has 2 fully saturated rings. The van der Waals surface area contributed by atoms with Crippen molar-refractivity contribution in [1.82, 2.24) is 14.5 Å². The van der Waals surface area contributed by atoms with E-state index >= 15 is 0 Å². The molecule has 19 heavy (non-hydrogen) atoms. The third-order valence-corrected chi connectivity index (χ3v) is 6.31. The highest BCUT2D eigenvalue weighted by Gasteiger charge is 2.53. The van der Waals surface area contributed by atoms with E-state index in [1.165, 1.54) is 12.4 Å². The number of rotatable bonds is 2. The van der Waals surface area contributed by atoms with E-state index in [1.807, 2.05) is 0 Å². The minimum atomic E-state index is -3.40. The fraction of sp³-hybridized carbons (Fsp3) is 0.769. The van der Waals surface area contributed by atoms with Gasteiger partial charge in [-0.05, 0) is 30.1 Å². The molecular formula is C13H21N3O2S. The van der Waals surface area contributed by atoms with Gasteiger partial charge in [0.15, 0.2) is 0 Å². The maximum absolute atomic E-state index is 12.7. The molecule has 0 radical (unpaired) electrons. The minimum Gasteiger partial charge on any atom is -0.284 e. The molecule has 2 bridgehead atoms. The molecule has 2 atom stereocenters. The van der Waals surface area contributed by atoms with Crippen LogP contribution in [0.2, 0.25) is 0 Å². The van der Waals surface area contributed by atoms with E-state index in [2.05, 4.69) is 31.0 Å². The lowest BCUT2D eigenvalue weighted by Gasteiger charge is -2.39. The predicted octanol–water partition coefficient (Wildman–Crippen LogP) is 2.00. The Kier molecular flexibility index (Phi) is 2.64. The van der Waals surface area contributed by atoms with Crippen molar-refractivity contribution in [2.75, 3.05) is 6.54 Å².